The number of hydrogen-bond acceptors (Lipinski definition) is 6. The van der Waals surface area contributed by atoms with Crippen molar-refractivity contribution < 1.29 is 19.2 Å². The first-order valence-electron chi connectivity index (χ1n) is 15.0. The summed E-state index contributed by atoms with van der Waals surface area (Å²) in [6.07, 6.45) is 12.9. The van der Waals surface area contributed by atoms with Crippen LogP contribution in [0.25, 0.3) is 6.08 Å². The standard InChI is InChI=1S/C35H34N4O4S2/c1-23-14-18-39(35(43)27-16-20-45-22-27)31(23)33(41)37-29-12-8-25(9-13-29)5-4-24-6-10-28(11-7-24)36-32(40)30-3-2-17-38(30)34(42)26-15-19-44-21-26/h4-6,8-13,15-16,19-22,24,30-31H,1-3,7,14,17-18H2,(H,36,40)(H,37,41)/b5-4+/t24?,30-,31-/m0/s1. The number of carbonyl (C=O) groups is 4. The minimum atomic E-state index is -0.691. The third kappa shape index (κ3) is 6.92. The third-order valence-electron chi connectivity index (χ3n) is 8.35. The number of rotatable bonds is 8. The normalized spacial score (nSPS) is 21.3. The molecule has 6 rings (SSSR count). The molecule has 45 heavy (non-hydrogen) atoms. The van der Waals surface area contributed by atoms with Crippen LogP contribution in [0.4, 0.5) is 5.69 Å². The zero-order chi connectivity index (χ0) is 31.3. The van der Waals surface area contributed by atoms with E-state index in [9.17, 15) is 19.2 Å². The summed E-state index contributed by atoms with van der Waals surface area (Å²) < 4.78 is 0. The fourth-order valence-electron chi connectivity index (χ4n) is 5.90. The highest BCUT2D eigenvalue weighted by Gasteiger charge is 2.38. The van der Waals surface area contributed by atoms with Crippen LogP contribution >= 0.6 is 22.7 Å². The van der Waals surface area contributed by atoms with Gasteiger partial charge in [-0.2, -0.15) is 22.7 Å². The number of nitrogens with one attached hydrogen (secondary N) is 2. The average Bonchev–Trinajstić information content (AvgIpc) is 3.88. The van der Waals surface area contributed by atoms with Crippen LogP contribution in [0.3, 0.4) is 0 Å². The van der Waals surface area contributed by atoms with Crippen molar-refractivity contribution in [1.82, 2.24) is 15.1 Å². The van der Waals surface area contributed by atoms with Gasteiger partial charge in [0.2, 0.25) is 5.91 Å². The Morgan fingerprint density at radius 2 is 1.58 bits per heavy atom. The number of likely N-dealkylation sites (tertiary alicyclic amines) is 2. The largest absolute Gasteiger partial charge is 0.327 e. The van der Waals surface area contributed by atoms with Crippen molar-refractivity contribution in [2.75, 3.05) is 18.4 Å². The van der Waals surface area contributed by atoms with E-state index in [0.717, 1.165) is 29.7 Å². The van der Waals surface area contributed by atoms with Gasteiger partial charge in [-0.25, -0.2) is 0 Å². The highest BCUT2D eigenvalue weighted by atomic mass is 32.1. The first-order valence-corrected chi connectivity index (χ1v) is 16.9. The smallest absolute Gasteiger partial charge is 0.255 e. The maximum atomic E-state index is 13.2. The molecule has 4 amide bonds. The highest BCUT2D eigenvalue weighted by Crippen LogP contribution is 2.27. The maximum absolute atomic E-state index is 13.2. The monoisotopic (exact) mass is 638 g/mol. The summed E-state index contributed by atoms with van der Waals surface area (Å²) >= 11 is 2.93. The minimum absolute atomic E-state index is 0.0877. The van der Waals surface area contributed by atoms with Crippen molar-refractivity contribution in [3.05, 3.63) is 117 Å². The summed E-state index contributed by atoms with van der Waals surface area (Å²) in [6, 6.07) is 9.98. The predicted molar refractivity (Wildman–Crippen MR) is 179 cm³/mol. The first kappa shape index (κ1) is 30.5. The number of thiophene rings is 2. The number of allylic oxidation sites excluding steroid dienone is 4. The topological polar surface area (TPSA) is 98.8 Å². The van der Waals surface area contributed by atoms with Gasteiger partial charge in [0.25, 0.3) is 17.7 Å². The van der Waals surface area contributed by atoms with Crippen LogP contribution in [0.1, 0.15) is 52.0 Å². The Morgan fingerprint density at radius 1 is 0.867 bits per heavy atom. The molecule has 2 saturated heterocycles. The molecule has 2 aromatic heterocycles. The molecule has 10 heteroatoms. The fraction of sp³-hybridized carbons (Fsp3) is 0.257. The SMILES string of the molecule is C=C1CCN(C(=O)c2ccsc2)[C@@H]1C(=O)Nc1ccc(/C=C/C2C=CC(NC(=O)[C@@H]3CCCN3C(=O)c3ccsc3)=CC2)cc1. The van der Waals surface area contributed by atoms with Crippen molar-refractivity contribution in [2.45, 2.75) is 37.8 Å². The molecule has 8 nitrogen and oxygen atoms in total. The summed E-state index contributed by atoms with van der Waals surface area (Å²) in [5.41, 5.74) is 4.35. The summed E-state index contributed by atoms with van der Waals surface area (Å²) in [5, 5.41) is 13.3. The lowest BCUT2D eigenvalue weighted by Crippen LogP contribution is -2.45. The molecule has 0 bridgehead atoms. The minimum Gasteiger partial charge on any atom is -0.327 e. The number of anilines is 1. The first-order chi connectivity index (χ1) is 21.9. The molecule has 2 aliphatic heterocycles. The van der Waals surface area contributed by atoms with Crippen LogP contribution < -0.4 is 10.6 Å². The lowest BCUT2D eigenvalue weighted by atomic mass is 9.98. The fourth-order valence-corrected chi connectivity index (χ4v) is 7.16. The van der Waals surface area contributed by atoms with Crippen LogP contribution in [0.2, 0.25) is 0 Å². The van der Waals surface area contributed by atoms with Gasteiger partial charge >= 0.3 is 0 Å². The third-order valence-corrected chi connectivity index (χ3v) is 9.71. The van der Waals surface area contributed by atoms with Crippen molar-refractivity contribution >= 4 is 58.1 Å². The van der Waals surface area contributed by atoms with Gasteiger partial charge in [0.1, 0.15) is 12.1 Å². The van der Waals surface area contributed by atoms with Crippen LogP contribution in [0.15, 0.2) is 100 Å². The van der Waals surface area contributed by atoms with E-state index in [2.05, 4.69) is 29.4 Å². The number of nitrogens with zero attached hydrogens (tertiary/aromatic N) is 2. The number of carbonyl (C=O) groups excluding carboxylic acids is 4. The van der Waals surface area contributed by atoms with E-state index < -0.39 is 12.1 Å². The Bertz CT molecular complexity index is 1670. The van der Waals surface area contributed by atoms with Gasteiger partial charge in [0, 0.05) is 35.2 Å². The second kappa shape index (κ2) is 13.6. The van der Waals surface area contributed by atoms with E-state index >= 15 is 0 Å². The zero-order valence-corrected chi connectivity index (χ0v) is 26.3. The molecule has 3 atom stereocenters. The van der Waals surface area contributed by atoms with Crippen LogP contribution in [-0.2, 0) is 9.59 Å². The number of benzene rings is 1. The molecular weight excluding hydrogens is 605 g/mol. The van der Waals surface area contributed by atoms with E-state index in [-0.39, 0.29) is 29.5 Å². The van der Waals surface area contributed by atoms with E-state index in [1.807, 2.05) is 58.6 Å². The van der Waals surface area contributed by atoms with Gasteiger partial charge < -0.3 is 20.4 Å². The van der Waals surface area contributed by atoms with Crippen LogP contribution in [0.5, 0.6) is 0 Å². The summed E-state index contributed by atoms with van der Waals surface area (Å²) in [4.78, 5) is 55.2. The van der Waals surface area contributed by atoms with Gasteiger partial charge in [-0.1, -0.05) is 43.0 Å². The molecule has 0 spiro atoms. The summed E-state index contributed by atoms with van der Waals surface area (Å²) in [6.45, 7) is 5.11. The van der Waals surface area contributed by atoms with Crippen molar-refractivity contribution in [3.63, 3.8) is 0 Å². The Morgan fingerprint density at radius 3 is 2.22 bits per heavy atom. The van der Waals surface area contributed by atoms with Gasteiger partial charge in [0.05, 0.1) is 11.1 Å². The second-order valence-corrected chi connectivity index (χ2v) is 12.9. The molecule has 3 aliphatic rings. The Labute approximate surface area is 270 Å². The molecule has 1 aromatic carbocycles. The van der Waals surface area contributed by atoms with E-state index in [4.69, 9.17) is 0 Å². The molecule has 3 aromatic rings. The number of amides is 4. The number of hydrogen-bond donors (Lipinski definition) is 2. The van der Waals surface area contributed by atoms with Gasteiger partial charge in [-0.05, 0) is 83.8 Å². The molecular formula is C35H34N4O4S2. The average molecular weight is 639 g/mol. The van der Waals surface area contributed by atoms with Gasteiger partial charge in [0.15, 0.2) is 0 Å². The molecule has 2 N–H and O–H groups in total. The Balaban J connectivity index is 0.991. The Hall–Kier alpha value is -4.54. The maximum Gasteiger partial charge on any atom is 0.255 e. The molecule has 1 aliphatic carbocycles. The molecule has 0 radical (unpaired) electrons. The molecule has 2 fully saturated rings. The summed E-state index contributed by atoms with van der Waals surface area (Å²) in [5.74, 6) is -0.477. The van der Waals surface area contributed by atoms with Crippen molar-refractivity contribution in [1.29, 1.82) is 0 Å². The molecule has 4 heterocycles. The van der Waals surface area contributed by atoms with Crippen LogP contribution in [-0.4, -0.2) is 58.6 Å². The van der Waals surface area contributed by atoms with Crippen molar-refractivity contribution in [3.8, 4) is 0 Å². The molecule has 230 valence electrons. The van der Waals surface area contributed by atoms with E-state index in [1.165, 1.54) is 22.7 Å². The predicted octanol–water partition coefficient (Wildman–Crippen LogP) is 6.11. The lowest BCUT2D eigenvalue weighted by Gasteiger charge is -2.24. The second-order valence-electron chi connectivity index (χ2n) is 11.4. The lowest BCUT2D eigenvalue weighted by molar-refractivity contribution is -0.124. The van der Waals surface area contributed by atoms with Crippen LogP contribution in [0, 0.1) is 5.92 Å². The molecule has 0 saturated carbocycles. The van der Waals surface area contributed by atoms with Gasteiger partial charge in [-0.3, -0.25) is 19.2 Å². The van der Waals surface area contributed by atoms with E-state index in [1.54, 1.807) is 27.3 Å². The zero-order valence-electron chi connectivity index (χ0n) is 24.7. The summed E-state index contributed by atoms with van der Waals surface area (Å²) in [7, 11) is 0. The van der Waals surface area contributed by atoms with Gasteiger partial charge in [-0.15, -0.1) is 0 Å². The van der Waals surface area contributed by atoms with E-state index in [0.29, 0.717) is 42.7 Å². The molecule has 1 unspecified atom stereocenters. The van der Waals surface area contributed by atoms with Crippen molar-refractivity contribution in [2.24, 2.45) is 5.92 Å². The quantitative estimate of drug-likeness (QED) is 0.291. The highest BCUT2D eigenvalue weighted by molar-refractivity contribution is 7.08. The Kier molecular flexibility index (Phi) is 9.23.